The van der Waals surface area contributed by atoms with E-state index in [0.29, 0.717) is 18.1 Å². The van der Waals surface area contributed by atoms with Crippen molar-refractivity contribution in [2.45, 2.75) is 37.7 Å². The molecule has 1 aliphatic carbocycles. The molecule has 3 rings (SSSR count). The summed E-state index contributed by atoms with van der Waals surface area (Å²) < 4.78 is 0. The second-order valence-electron chi connectivity index (χ2n) is 6.28. The van der Waals surface area contributed by atoms with Gasteiger partial charge in [0.25, 0.3) is 0 Å². The highest BCUT2D eigenvalue weighted by atomic mass is 35.5. The monoisotopic (exact) mass is 323 g/mol. The first-order chi connectivity index (χ1) is 10.6. The van der Waals surface area contributed by atoms with Crippen LogP contribution in [-0.4, -0.2) is 52.7 Å². The number of aromatic nitrogens is 1. The first-order valence-corrected chi connectivity index (χ1v) is 8.31. The fourth-order valence-corrected chi connectivity index (χ4v) is 3.62. The van der Waals surface area contributed by atoms with Crippen LogP contribution in [0, 0.1) is 0 Å². The van der Waals surface area contributed by atoms with Gasteiger partial charge in [-0.15, -0.1) is 0 Å². The van der Waals surface area contributed by atoms with Gasteiger partial charge in [-0.3, -0.25) is 4.79 Å². The molecule has 0 aromatic carbocycles. The van der Waals surface area contributed by atoms with Gasteiger partial charge in [0, 0.05) is 32.4 Å². The number of piperazine rings is 1. The lowest BCUT2D eigenvalue weighted by molar-refractivity contribution is -0.136. The zero-order valence-electron chi connectivity index (χ0n) is 12.7. The SMILES string of the molecule is O=C(CC1(O)CCCC1)N1CCN(c2ncccc2Cl)CC1. The molecule has 0 spiro atoms. The predicted molar refractivity (Wildman–Crippen MR) is 86.1 cm³/mol. The largest absolute Gasteiger partial charge is 0.389 e. The maximum absolute atomic E-state index is 12.4. The number of anilines is 1. The van der Waals surface area contributed by atoms with Crippen molar-refractivity contribution in [2.24, 2.45) is 0 Å². The molecule has 1 N–H and O–H groups in total. The summed E-state index contributed by atoms with van der Waals surface area (Å²) in [5.41, 5.74) is -0.765. The molecule has 2 aliphatic rings. The molecule has 2 fully saturated rings. The topological polar surface area (TPSA) is 56.7 Å². The number of hydrogen-bond donors (Lipinski definition) is 1. The second-order valence-corrected chi connectivity index (χ2v) is 6.69. The van der Waals surface area contributed by atoms with E-state index in [0.717, 1.165) is 44.6 Å². The van der Waals surface area contributed by atoms with Crippen LogP contribution in [0.2, 0.25) is 5.02 Å². The molecule has 120 valence electrons. The Morgan fingerprint density at radius 2 is 1.95 bits per heavy atom. The number of carbonyl (C=O) groups excluding carboxylic acids is 1. The molecule has 0 bridgehead atoms. The van der Waals surface area contributed by atoms with Crippen LogP contribution in [0.25, 0.3) is 0 Å². The summed E-state index contributed by atoms with van der Waals surface area (Å²) in [5.74, 6) is 0.849. The zero-order valence-corrected chi connectivity index (χ0v) is 13.4. The average Bonchev–Trinajstić information content (AvgIpc) is 2.94. The minimum absolute atomic E-state index is 0.0659. The van der Waals surface area contributed by atoms with Crippen molar-refractivity contribution in [2.75, 3.05) is 31.1 Å². The maximum atomic E-state index is 12.4. The summed E-state index contributed by atoms with van der Waals surface area (Å²) in [4.78, 5) is 20.7. The first-order valence-electron chi connectivity index (χ1n) is 7.93. The van der Waals surface area contributed by atoms with Gasteiger partial charge in [-0.2, -0.15) is 0 Å². The second kappa shape index (κ2) is 6.42. The molecular weight excluding hydrogens is 302 g/mol. The van der Waals surface area contributed by atoms with E-state index in [9.17, 15) is 9.90 Å². The third-order valence-electron chi connectivity index (χ3n) is 4.69. The maximum Gasteiger partial charge on any atom is 0.225 e. The van der Waals surface area contributed by atoms with E-state index < -0.39 is 5.60 Å². The van der Waals surface area contributed by atoms with E-state index in [1.807, 2.05) is 17.0 Å². The van der Waals surface area contributed by atoms with Gasteiger partial charge in [-0.05, 0) is 25.0 Å². The highest BCUT2D eigenvalue weighted by Crippen LogP contribution is 2.33. The van der Waals surface area contributed by atoms with Crippen LogP contribution in [0.1, 0.15) is 32.1 Å². The summed E-state index contributed by atoms with van der Waals surface area (Å²) in [6, 6.07) is 3.64. The van der Waals surface area contributed by atoms with Gasteiger partial charge in [0.05, 0.1) is 17.0 Å². The van der Waals surface area contributed by atoms with E-state index >= 15 is 0 Å². The molecule has 5 nitrogen and oxygen atoms in total. The fraction of sp³-hybridized carbons (Fsp3) is 0.625. The van der Waals surface area contributed by atoms with Crippen LogP contribution in [-0.2, 0) is 4.79 Å². The molecule has 1 aliphatic heterocycles. The van der Waals surface area contributed by atoms with Gasteiger partial charge in [-0.1, -0.05) is 24.4 Å². The number of aliphatic hydroxyl groups is 1. The predicted octanol–water partition coefficient (Wildman–Crippen LogP) is 2.08. The number of halogens is 1. The van der Waals surface area contributed by atoms with Gasteiger partial charge in [0.15, 0.2) is 0 Å². The Labute approximate surface area is 135 Å². The van der Waals surface area contributed by atoms with Crippen molar-refractivity contribution in [3.8, 4) is 0 Å². The molecule has 22 heavy (non-hydrogen) atoms. The summed E-state index contributed by atoms with van der Waals surface area (Å²) in [7, 11) is 0. The van der Waals surface area contributed by atoms with Crippen LogP contribution in [0.4, 0.5) is 5.82 Å². The van der Waals surface area contributed by atoms with Gasteiger partial charge < -0.3 is 14.9 Å². The molecule has 0 radical (unpaired) electrons. The number of hydrogen-bond acceptors (Lipinski definition) is 4. The number of nitrogens with zero attached hydrogens (tertiary/aromatic N) is 3. The Balaban J connectivity index is 1.55. The van der Waals surface area contributed by atoms with Crippen LogP contribution in [0.15, 0.2) is 18.3 Å². The van der Waals surface area contributed by atoms with Crippen LogP contribution >= 0.6 is 11.6 Å². The highest BCUT2D eigenvalue weighted by molar-refractivity contribution is 6.32. The minimum atomic E-state index is -0.765. The van der Waals surface area contributed by atoms with E-state index in [4.69, 9.17) is 11.6 Å². The quantitative estimate of drug-likeness (QED) is 0.925. The van der Waals surface area contributed by atoms with E-state index in [1.165, 1.54) is 0 Å². The lowest BCUT2D eigenvalue weighted by Crippen LogP contribution is -2.50. The third-order valence-corrected chi connectivity index (χ3v) is 4.98. The van der Waals surface area contributed by atoms with Gasteiger partial charge in [0.2, 0.25) is 5.91 Å². The Morgan fingerprint density at radius 3 is 2.59 bits per heavy atom. The van der Waals surface area contributed by atoms with Crippen molar-refractivity contribution in [1.29, 1.82) is 0 Å². The van der Waals surface area contributed by atoms with Crippen molar-refractivity contribution in [3.63, 3.8) is 0 Å². The zero-order chi connectivity index (χ0) is 15.6. The number of amides is 1. The highest BCUT2D eigenvalue weighted by Gasteiger charge is 2.35. The molecule has 6 heteroatoms. The van der Waals surface area contributed by atoms with E-state index in [-0.39, 0.29) is 12.3 Å². The summed E-state index contributed by atoms with van der Waals surface area (Å²) in [5, 5.41) is 11.0. The lowest BCUT2D eigenvalue weighted by atomic mass is 9.97. The van der Waals surface area contributed by atoms with Gasteiger partial charge in [-0.25, -0.2) is 4.98 Å². The Hall–Kier alpha value is -1.33. The molecule has 1 aromatic heterocycles. The van der Waals surface area contributed by atoms with Gasteiger partial charge in [0.1, 0.15) is 5.82 Å². The van der Waals surface area contributed by atoms with Crippen molar-refractivity contribution in [3.05, 3.63) is 23.4 Å². The standard InChI is InChI=1S/C16H22ClN3O2/c17-13-4-3-7-18-15(13)20-10-8-19(9-11-20)14(21)12-16(22)5-1-2-6-16/h3-4,7,22H,1-2,5-6,8-12H2. The molecule has 1 saturated carbocycles. The molecular formula is C16H22ClN3O2. The number of carbonyl (C=O) groups is 1. The summed E-state index contributed by atoms with van der Waals surface area (Å²) in [6.07, 6.45) is 5.54. The number of pyridine rings is 1. The molecule has 0 unspecified atom stereocenters. The average molecular weight is 324 g/mol. The van der Waals surface area contributed by atoms with Gasteiger partial charge >= 0.3 is 0 Å². The normalized spacial score (nSPS) is 21.2. The van der Waals surface area contributed by atoms with Crippen LogP contribution in [0.3, 0.4) is 0 Å². The Bertz CT molecular complexity index is 538. The molecule has 1 aromatic rings. The fourth-order valence-electron chi connectivity index (χ4n) is 3.38. The smallest absolute Gasteiger partial charge is 0.225 e. The summed E-state index contributed by atoms with van der Waals surface area (Å²) in [6.45, 7) is 2.76. The minimum Gasteiger partial charge on any atom is -0.389 e. The number of rotatable bonds is 3. The molecule has 0 atom stereocenters. The van der Waals surface area contributed by atoms with Crippen molar-refractivity contribution < 1.29 is 9.90 Å². The lowest BCUT2D eigenvalue weighted by Gasteiger charge is -2.37. The molecule has 2 heterocycles. The molecule has 1 saturated heterocycles. The first kappa shape index (κ1) is 15.6. The summed E-state index contributed by atoms with van der Waals surface area (Å²) >= 11 is 6.17. The van der Waals surface area contributed by atoms with Crippen LogP contribution in [0.5, 0.6) is 0 Å². The van der Waals surface area contributed by atoms with Crippen molar-refractivity contribution >= 4 is 23.3 Å². The Morgan fingerprint density at radius 1 is 1.27 bits per heavy atom. The van der Waals surface area contributed by atoms with Crippen molar-refractivity contribution in [1.82, 2.24) is 9.88 Å². The van der Waals surface area contributed by atoms with E-state index in [1.54, 1.807) is 6.20 Å². The molecule has 1 amide bonds. The van der Waals surface area contributed by atoms with E-state index in [2.05, 4.69) is 9.88 Å². The Kier molecular flexibility index (Phi) is 4.54. The van der Waals surface area contributed by atoms with Crippen LogP contribution < -0.4 is 4.90 Å². The third kappa shape index (κ3) is 3.36.